The van der Waals surface area contributed by atoms with Crippen LogP contribution in [-0.2, 0) is 16.1 Å². The van der Waals surface area contributed by atoms with Gasteiger partial charge in [-0.05, 0) is 30.2 Å². The minimum atomic E-state index is -0.378. The van der Waals surface area contributed by atoms with E-state index in [-0.39, 0.29) is 12.0 Å². The molecule has 0 bridgehead atoms. The fraction of sp³-hybridized carbons (Fsp3) is 0.588. The first-order valence-corrected chi connectivity index (χ1v) is 7.99. The van der Waals surface area contributed by atoms with Gasteiger partial charge in [-0.15, -0.1) is 0 Å². The number of likely N-dealkylation sites (N-methyl/N-ethyl adjacent to an activating group) is 1. The highest BCUT2D eigenvalue weighted by molar-refractivity contribution is 5.80. The number of rotatable bonds is 3. The second kappa shape index (κ2) is 6.76. The third-order valence-corrected chi connectivity index (χ3v) is 4.26. The summed E-state index contributed by atoms with van der Waals surface area (Å²) < 4.78 is 16.9. The molecule has 6 nitrogen and oxygen atoms in total. The zero-order chi connectivity index (χ0) is 16.4. The van der Waals surface area contributed by atoms with Crippen LogP contribution in [0.5, 0.6) is 11.5 Å². The van der Waals surface area contributed by atoms with E-state index in [1.807, 2.05) is 6.07 Å². The second-order valence-electron chi connectivity index (χ2n) is 6.25. The van der Waals surface area contributed by atoms with Crippen LogP contribution in [0, 0.1) is 6.92 Å². The van der Waals surface area contributed by atoms with Gasteiger partial charge in [0.2, 0.25) is 0 Å². The van der Waals surface area contributed by atoms with Crippen molar-refractivity contribution in [1.29, 1.82) is 0 Å². The molecule has 1 saturated heterocycles. The predicted molar refractivity (Wildman–Crippen MR) is 85.9 cm³/mol. The van der Waals surface area contributed by atoms with Gasteiger partial charge in [-0.1, -0.05) is 0 Å². The zero-order valence-electron chi connectivity index (χ0n) is 14.0. The number of carbonyl (C=O) groups excluding carboxylic acids is 1. The summed E-state index contributed by atoms with van der Waals surface area (Å²) in [5, 5.41) is 0. The Kier molecular flexibility index (Phi) is 4.73. The number of hydrogen-bond acceptors (Lipinski definition) is 5. The van der Waals surface area contributed by atoms with Crippen molar-refractivity contribution in [1.82, 2.24) is 9.80 Å². The molecule has 0 radical (unpaired) electrons. The fourth-order valence-electron chi connectivity index (χ4n) is 2.93. The Labute approximate surface area is 136 Å². The summed E-state index contributed by atoms with van der Waals surface area (Å²) in [4.78, 5) is 15.9. The maximum atomic E-state index is 12.1. The zero-order valence-corrected chi connectivity index (χ0v) is 14.0. The molecule has 1 aromatic carbocycles. The number of benzene rings is 1. The lowest BCUT2D eigenvalue weighted by Gasteiger charge is -2.33. The standard InChI is InChI=1S/C17H24N2O4/c1-12-8-14-15(23-7-6-22-14)9-13(12)10-19-4-5-21-16(11-19)17(20)18(2)3/h8-9,16H,4-7,10-11H2,1-3H3. The van der Waals surface area contributed by atoms with Crippen molar-refractivity contribution < 1.29 is 19.0 Å². The summed E-state index contributed by atoms with van der Waals surface area (Å²) in [5.41, 5.74) is 2.38. The topological polar surface area (TPSA) is 51.2 Å². The summed E-state index contributed by atoms with van der Waals surface area (Å²) >= 11 is 0. The molecule has 1 amide bonds. The highest BCUT2D eigenvalue weighted by Gasteiger charge is 2.28. The lowest BCUT2D eigenvalue weighted by Crippen LogP contribution is -2.49. The monoisotopic (exact) mass is 320 g/mol. The normalized spacial score (nSPS) is 21.1. The van der Waals surface area contributed by atoms with Crippen LogP contribution in [0.1, 0.15) is 11.1 Å². The Bertz CT molecular complexity index is 588. The minimum Gasteiger partial charge on any atom is -0.486 e. The van der Waals surface area contributed by atoms with E-state index in [9.17, 15) is 4.79 Å². The molecule has 1 aromatic rings. The molecule has 0 N–H and O–H groups in total. The van der Waals surface area contributed by atoms with Crippen LogP contribution in [0.15, 0.2) is 12.1 Å². The van der Waals surface area contributed by atoms with Gasteiger partial charge in [0, 0.05) is 33.7 Å². The maximum Gasteiger partial charge on any atom is 0.252 e. The van der Waals surface area contributed by atoms with Crippen molar-refractivity contribution in [3.63, 3.8) is 0 Å². The van der Waals surface area contributed by atoms with Crippen LogP contribution in [0.4, 0.5) is 0 Å². The first-order chi connectivity index (χ1) is 11.0. The lowest BCUT2D eigenvalue weighted by molar-refractivity contribution is -0.147. The molecule has 23 heavy (non-hydrogen) atoms. The molecule has 1 fully saturated rings. The van der Waals surface area contributed by atoms with Crippen LogP contribution < -0.4 is 9.47 Å². The summed E-state index contributed by atoms with van der Waals surface area (Å²) in [6, 6.07) is 4.09. The first kappa shape index (κ1) is 16.1. The SMILES string of the molecule is Cc1cc2c(cc1CN1CCOC(C(=O)N(C)C)C1)OCCO2. The number of amides is 1. The fourth-order valence-corrected chi connectivity index (χ4v) is 2.93. The van der Waals surface area contributed by atoms with Crippen LogP contribution in [0.25, 0.3) is 0 Å². The van der Waals surface area contributed by atoms with Crippen LogP contribution in [-0.4, -0.2) is 68.8 Å². The summed E-state index contributed by atoms with van der Waals surface area (Å²) in [6.45, 7) is 6.07. The molecule has 1 atom stereocenters. The minimum absolute atomic E-state index is 0.0218. The molecule has 6 heteroatoms. The predicted octanol–water partition coefficient (Wildman–Crippen LogP) is 1.06. The van der Waals surface area contributed by atoms with Crippen molar-refractivity contribution in [3.05, 3.63) is 23.3 Å². The van der Waals surface area contributed by atoms with Crippen molar-refractivity contribution >= 4 is 5.91 Å². The largest absolute Gasteiger partial charge is 0.486 e. The average Bonchev–Trinajstić information content (AvgIpc) is 2.55. The molecule has 0 aromatic heterocycles. The molecule has 2 heterocycles. The van der Waals surface area contributed by atoms with Crippen molar-refractivity contribution in [3.8, 4) is 11.5 Å². The van der Waals surface area contributed by atoms with Crippen LogP contribution in [0.2, 0.25) is 0 Å². The molecule has 2 aliphatic rings. The quantitative estimate of drug-likeness (QED) is 0.833. The molecule has 0 aliphatic carbocycles. The number of hydrogen-bond donors (Lipinski definition) is 0. The number of aryl methyl sites for hydroxylation is 1. The molecule has 2 aliphatic heterocycles. The lowest BCUT2D eigenvalue weighted by atomic mass is 10.1. The van der Waals surface area contributed by atoms with Gasteiger partial charge < -0.3 is 19.1 Å². The van der Waals surface area contributed by atoms with Gasteiger partial charge in [-0.3, -0.25) is 9.69 Å². The van der Waals surface area contributed by atoms with Gasteiger partial charge in [0.05, 0.1) is 6.61 Å². The molecular formula is C17H24N2O4. The molecule has 1 unspecified atom stereocenters. The number of morpholine rings is 1. The van der Waals surface area contributed by atoms with E-state index < -0.39 is 0 Å². The number of nitrogens with zero attached hydrogens (tertiary/aromatic N) is 2. The Hall–Kier alpha value is -1.79. The molecule has 0 saturated carbocycles. The molecular weight excluding hydrogens is 296 g/mol. The number of fused-ring (bicyclic) bond motifs is 1. The Balaban J connectivity index is 1.70. The maximum absolute atomic E-state index is 12.1. The average molecular weight is 320 g/mol. The summed E-state index contributed by atoms with van der Waals surface area (Å²) in [7, 11) is 3.52. The van der Waals surface area contributed by atoms with Crippen LogP contribution >= 0.6 is 0 Å². The van der Waals surface area contributed by atoms with Crippen molar-refractivity contribution in [2.75, 3.05) is 47.0 Å². The van der Waals surface area contributed by atoms with E-state index in [0.717, 1.165) is 24.6 Å². The smallest absolute Gasteiger partial charge is 0.252 e. The Morgan fingerprint density at radius 1 is 1.22 bits per heavy atom. The van der Waals surface area contributed by atoms with Crippen molar-refractivity contribution in [2.45, 2.75) is 19.6 Å². The van der Waals surface area contributed by atoms with E-state index in [1.165, 1.54) is 11.1 Å². The Morgan fingerprint density at radius 3 is 2.61 bits per heavy atom. The third kappa shape index (κ3) is 3.59. The highest BCUT2D eigenvalue weighted by atomic mass is 16.6. The Morgan fingerprint density at radius 2 is 1.91 bits per heavy atom. The molecule has 3 rings (SSSR count). The van der Waals surface area contributed by atoms with Crippen LogP contribution in [0.3, 0.4) is 0 Å². The van der Waals surface area contributed by atoms with Gasteiger partial charge >= 0.3 is 0 Å². The summed E-state index contributed by atoms with van der Waals surface area (Å²) in [6.07, 6.45) is -0.378. The van der Waals surface area contributed by atoms with E-state index in [1.54, 1.807) is 19.0 Å². The molecule has 126 valence electrons. The number of ether oxygens (including phenoxy) is 3. The van der Waals surface area contributed by atoms with Gasteiger partial charge in [0.1, 0.15) is 19.3 Å². The van der Waals surface area contributed by atoms with Gasteiger partial charge in [-0.2, -0.15) is 0 Å². The van der Waals surface area contributed by atoms with Gasteiger partial charge in [0.15, 0.2) is 11.5 Å². The van der Waals surface area contributed by atoms with Crippen molar-refractivity contribution in [2.24, 2.45) is 0 Å². The van der Waals surface area contributed by atoms with E-state index in [0.29, 0.717) is 26.4 Å². The second-order valence-corrected chi connectivity index (χ2v) is 6.25. The van der Waals surface area contributed by atoms with E-state index >= 15 is 0 Å². The third-order valence-electron chi connectivity index (χ3n) is 4.26. The van der Waals surface area contributed by atoms with Gasteiger partial charge in [0.25, 0.3) is 5.91 Å². The number of carbonyl (C=O) groups is 1. The van der Waals surface area contributed by atoms with Gasteiger partial charge in [-0.25, -0.2) is 0 Å². The highest BCUT2D eigenvalue weighted by Crippen LogP contribution is 2.33. The summed E-state index contributed by atoms with van der Waals surface area (Å²) in [5.74, 6) is 1.65. The molecule has 0 spiro atoms. The van der Waals surface area contributed by atoms with E-state index in [2.05, 4.69) is 17.9 Å². The van der Waals surface area contributed by atoms with E-state index in [4.69, 9.17) is 14.2 Å². The first-order valence-electron chi connectivity index (χ1n) is 7.99.